The van der Waals surface area contributed by atoms with Crippen LogP contribution < -0.4 is 5.48 Å². The van der Waals surface area contributed by atoms with Gasteiger partial charge in [0.25, 0.3) is 0 Å². The third kappa shape index (κ3) is 2.64. The Bertz CT molecular complexity index is 222. The van der Waals surface area contributed by atoms with Crippen molar-refractivity contribution in [3.05, 3.63) is 18.0 Å². The fourth-order valence-electron chi connectivity index (χ4n) is 0.907. The number of rotatable bonds is 5. The zero-order valence-corrected chi connectivity index (χ0v) is 7.58. The van der Waals surface area contributed by atoms with Crippen molar-refractivity contribution in [3.63, 3.8) is 0 Å². The lowest BCUT2D eigenvalue weighted by molar-refractivity contribution is 0.0463. The second-order valence-electron chi connectivity index (χ2n) is 2.46. The van der Waals surface area contributed by atoms with Gasteiger partial charge >= 0.3 is 0 Å². The van der Waals surface area contributed by atoms with Gasteiger partial charge in [-0.15, -0.1) is 0 Å². The maximum atomic E-state index is 4.99. The summed E-state index contributed by atoms with van der Waals surface area (Å²) in [6.45, 7) is 6.32. The van der Waals surface area contributed by atoms with Crippen LogP contribution in [-0.4, -0.2) is 16.4 Å². The molecule has 0 radical (unpaired) electrons. The van der Waals surface area contributed by atoms with E-state index in [1.807, 2.05) is 24.0 Å². The van der Waals surface area contributed by atoms with Gasteiger partial charge in [0.05, 0.1) is 12.8 Å². The molecule has 0 fully saturated rings. The molecular formula is C8H15N3O. The Morgan fingerprint density at radius 2 is 2.42 bits per heavy atom. The van der Waals surface area contributed by atoms with Crippen molar-refractivity contribution in [1.82, 2.24) is 15.3 Å². The predicted octanol–water partition coefficient (Wildman–Crippen LogP) is 0.944. The van der Waals surface area contributed by atoms with Crippen LogP contribution >= 0.6 is 0 Å². The van der Waals surface area contributed by atoms with Crippen molar-refractivity contribution >= 4 is 0 Å². The minimum Gasteiger partial charge on any atom is -0.302 e. The van der Waals surface area contributed by atoms with Crippen LogP contribution in [0.15, 0.2) is 12.4 Å². The van der Waals surface area contributed by atoms with Gasteiger partial charge in [-0.1, -0.05) is 0 Å². The van der Waals surface area contributed by atoms with Crippen LogP contribution in [0, 0.1) is 0 Å². The van der Waals surface area contributed by atoms with Crippen LogP contribution in [-0.2, 0) is 17.9 Å². The topological polar surface area (TPSA) is 39.1 Å². The highest BCUT2D eigenvalue weighted by atomic mass is 16.6. The van der Waals surface area contributed by atoms with Gasteiger partial charge < -0.3 is 4.84 Å². The van der Waals surface area contributed by atoms with E-state index in [0.29, 0.717) is 13.2 Å². The lowest BCUT2D eigenvalue weighted by atomic mass is 10.4. The Morgan fingerprint density at radius 3 is 3.00 bits per heavy atom. The lowest BCUT2D eigenvalue weighted by Crippen LogP contribution is -2.13. The first-order chi connectivity index (χ1) is 5.86. The molecule has 1 heterocycles. The minimum atomic E-state index is 0.682. The number of hydrogen-bond donors (Lipinski definition) is 1. The van der Waals surface area contributed by atoms with Crippen LogP contribution in [0.2, 0.25) is 0 Å². The van der Waals surface area contributed by atoms with Crippen LogP contribution in [0.25, 0.3) is 0 Å². The van der Waals surface area contributed by atoms with E-state index in [2.05, 4.69) is 17.5 Å². The summed E-state index contributed by atoms with van der Waals surface area (Å²) in [5, 5.41) is 4.13. The zero-order chi connectivity index (χ0) is 8.81. The number of aryl methyl sites for hydroxylation is 1. The molecule has 0 unspecified atom stereocenters. The highest BCUT2D eigenvalue weighted by Crippen LogP contribution is 1.96. The molecule has 4 nitrogen and oxygen atoms in total. The normalized spacial score (nSPS) is 10.5. The third-order valence-electron chi connectivity index (χ3n) is 1.53. The Labute approximate surface area is 72.5 Å². The maximum absolute atomic E-state index is 4.99. The molecular weight excluding hydrogens is 154 g/mol. The summed E-state index contributed by atoms with van der Waals surface area (Å²) in [6, 6.07) is 0. The SMILES string of the molecule is CCONCc1cnn(CC)c1. The molecule has 0 spiro atoms. The van der Waals surface area contributed by atoms with Crippen LogP contribution in [0.5, 0.6) is 0 Å². The zero-order valence-electron chi connectivity index (χ0n) is 7.58. The first kappa shape index (κ1) is 9.22. The quantitative estimate of drug-likeness (QED) is 0.526. The molecule has 0 aromatic carbocycles. The number of hydroxylamine groups is 1. The van der Waals surface area contributed by atoms with E-state index in [4.69, 9.17) is 4.84 Å². The lowest BCUT2D eigenvalue weighted by Gasteiger charge is -1.99. The van der Waals surface area contributed by atoms with Crippen molar-refractivity contribution in [2.24, 2.45) is 0 Å². The van der Waals surface area contributed by atoms with Crippen LogP contribution in [0.1, 0.15) is 19.4 Å². The van der Waals surface area contributed by atoms with Crippen molar-refractivity contribution in [2.75, 3.05) is 6.61 Å². The van der Waals surface area contributed by atoms with Gasteiger partial charge in [0.1, 0.15) is 0 Å². The predicted molar refractivity (Wildman–Crippen MR) is 46.4 cm³/mol. The molecule has 1 aromatic heterocycles. The maximum Gasteiger partial charge on any atom is 0.0654 e. The van der Waals surface area contributed by atoms with E-state index in [1.54, 1.807) is 0 Å². The molecule has 0 aliphatic carbocycles. The van der Waals surface area contributed by atoms with Crippen LogP contribution in [0.3, 0.4) is 0 Å². The summed E-state index contributed by atoms with van der Waals surface area (Å²) in [6.07, 6.45) is 3.85. The Morgan fingerprint density at radius 1 is 1.58 bits per heavy atom. The molecule has 4 heteroatoms. The van der Waals surface area contributed by atoms with E-state index in [1.165, 1.54) is 0 Å². The summed E-state index contributed by atoms with van der Waals surface area (Å²) in [4.78, 5) is 4.99. The van der Waals surface area contributed by atoms with Gasteiger partial charge in [0.15, 0.2) is 0 Å². The van der Waals surface area contributed by atoms with Crippen molar-refractivity contribution in [1.29, 1.82) is 0 Å². The number of hydrogen-bond acceptors (Lipinski definition) is 3. The van der Waals surface area contributed by atoms with Gasteiger partial charge in [-0.2, -0.15) is 10.6 Å². The Balaban J connectivity index is 2.31. The summed E-state index contributed by atoms with van der Waals surface area (Å²) >= 11 is 0. The van der Waals surface area contributed by atoms with Gasteiger partial charge in [-0.25, -0.2) is 0 Å². The van der Waals surface area contributed by atoms with E-state index in [-0.39, 0.29) is 0 Å². The molecule has 1 N–H and O–H groups in total. The highest BCUT2D eigenvalue weighted by Gasteiger charge is 1.95. The molecule has 12 heavy (non-hydrogen) atoms. The first-order valence-electron chi connectivity index (χ1n) is 4.22. The number of nitrogens with one attached hydrogen (secondary N) is 1. The highest BCUT2D eigenvalue weighted by molar-refractivity contribution is 5.02. The monoisotopic (exact) mass is 169 g/mol. The molecule has 0 bridgehead atoms. The van der Waals surface area contributed by atoms with Crippen molar-refractivity contribution < 1.29 is 4.84 Å². The van der Waals surface area contributed by atoms with Gasteiger partial charge in [0, 0.05) is 24.8 Å². The van der Waals surface area contributed by atoms with Crippen molar-refractivity contribution in [2.45, 2.75) is 26.9 Å². The third-order valence-corrected chi connectivity index (χ3v) is 1.53. The molecule has 68 valence electrons. The average Bonchev–Trinajstić information content (AvgIpc) is 2.53. The fraction of sp³-hybridized carbons (Fsp3) is 0.625. The fourth-order valence-corrected chi connectivity index (χ4v) is 0.907. The minimum absolute atomic E-state index is 0.682. The van der Waals surface area contributed by atoms with E-state index < -0.39 is 0 Å². The molecule has 0 aliphatic heterocycles. The van der Waals surface area contributed by atoms with Gasteiger partial charge in [0.2, 0.25) is 0 Å². The number of aromatic nitrogens is 2. The standard InChI is InChI=1S/C8H15N3O/c1-3-11-7-8(5-9-11)6-10-12-4-2/h5,7,10H,3-4,6H2,1-2H3. The number of nitrogens with zero attached hydrogens (tertiary/aromatic N) is 2. The molecule has 0 atom stereocenters. The first-order valence-corrected chi connectivity index (χ1v) is 4.22. The summed E-state index contributed by atoms with van der Waals surface area (Å²) in [5.74, 6) is 0. The van der Waals surface area contributed by atoms with Crippen molar-refractivity contribution in [3.8, 4) is 0 Å². The second-order valence-corrected chi connectivity index (χ2v) is 2.46. The molecule has 1 aromatic rings. The molecule has 0 aliphatic rings. The van der Waals surface area contributed by atoms with E-state index in [0.717, 1.165) is 12.1 Å². The smallest absolute Gasteiger partial charge is 0.0654 e. The summed E-state index contributed by atoms with van der Waals surface area (Å²) < 4.78 is 1.89. The van der Waals surface area contributed by atoms with Gasteiger partial charge in [-0.3, -0.25) is 4.68 Å². The average molecular weight is 169 g/mol. The second kappa shape index (κ2) is 4.90. The van der Waals surface area contributed by atoms with Crippen LogP contribution in [0.4, 0.5) is 0 Å². The summed E-state index contributed by atoms with van der Waals surface area (Å²) in [5.41, 5.74) is 3.98. The Kier molecular flexibility index (Phi) is 3.76. The van der Waals surface area contributed by atoms with E-state index in [9.17, 15) is 0 Å². The molecule has 0 saturated carbocycles. The van der Waals surface area contributed by atoms with Gasteiger partial charge in [-0.05, 0) is 13.8 Å². The molecule has 1 rings (SSSR count). The molecule has 0 amide bonds. The Hall–Kier alpha value is -0.870. The van der Waals surface area contributed by atoms with E-state index >= 15 is 0 Å². The largest absolute Gasteiger partial charge is 0.302 e. The molecule has 0 saturated heterocycles. The summed E-state index contributed by atoms with van der Waals surface area (Å²) in [7, 11) is 0.